The second kappa shape index (κ2) is 45.7. The summed E-state index contributed by atoms with van der Waals surface area (Å²) >= 11 is 8.51. The number of aliphatic hydroxyl groups is 1. The van der Waals surface area contributed by atoms with Crippen molar-refractivity contribution in [3.8, 4) is 5.75 Å². The Hall–Kier alpha value is -11.9. The predicted molar refractivity (Wildman–Crippen MR) is 415 cm³/mol. The molecule has 13 atom stereocenters. The maximum Gasteiger partial charge on any atom is 0.326 e. The topological polar surface area (TPSA) is 688 Å². The molecule has 1 fully saturated rings. The Morgan fingerprint density at radius 1 is 0.670 bits per heavy atom. The summed E-state index contributed by atoms with van der Waals surface area (Å²) in [4.78, 5) is 228. The molecular formula is C70H101N23O20S2. The third-order valence-electron chi connectivity index (χ3n) is 18.7. The van der Waals surface area contributed by atoms with Crippen LogP contribution in [0.4, 0.5) is 4.79 Å². The number of guanidine groups is 1. The smallest absolute Gasteiger partial charge is 0.326 e. The number of rotatable bonds is 27. The van der Waals surface area contributed by atoms with E-state index in [0.717, 1.165) is 11.8 Å². The zero-order chi connectivity index (χ0) is 84.6. The molecule has 27 N–H and O–H groups in total. The van der Waals surface area contributed by atoms with E-state index in [1.807, 2.05) is 0 Å². The number of carbonyl (C=O) groups is 16. The second-order valence-electron chi connectivity index (χ2n) is 27.5. The number of phenols is 1. The molecule has 2 bridgehead atoms. The van der Waals surface area contributed by atoms with Gasteiger partial charge in [-0.3, -0.25) is 77.2 Å². The van der Waals surface area contributed by atoms with E-state index < -0.39 is 211 Å². The van der Waals surface area contributed by atoms with Gasteiger partial charge in [0, 0.05) is 80.2 Å². The fraction of sp³-hybridized carbons (Fsp3) is 0.529. The molecule has 1 saturated heterocycles. The zero-order valence-corrected chi connectivity index (χ0v) is 64.6. The van der Waals surface area contributed by atoms with E-state index >= 15 is 9.59 Å². The number of piperidine rings is 1. The van der Waals surface area contributed by atoms with Gasteiger partial charge in [-0.1, -0.05) is 35.5 Å². The van der Waals surface area contributed by atoms with E-state index in [1.54, 1.807) is 30.5 Å². The number of aryl methyl sites for hydroxylation is 2. The van der Waals surface area contributed by atoms with Gasteiger partial charge < -0.3 is 122 Å². The molecule has 628 valence electrons. The highest BCUT2D eigenvalue weighted by Crippen LogP contribution is 2.23. The van der Waals surface area contributed by atoms with Crippen molar-refractivity contribution in [2.75, 3.05) is 37.7 Å². The standard InChI is InChI=1S/C70H101N23O20S2/c1-35(94)56-66(109)86-48(29-55(98)99)67(110)93-26-5-4-14-52(93)65(108)84-43(11-6-23-76-69(73)74)59(102)88-51(34-115)64(107)81-42(12-7-24-77-70(75)113)57(100)85-47(28-37-31-78-41-10-3-2-9-40(37)41)62(105)82-46(21-22-53(72)96)60(103)80-44(58(101)87-49(68(111)112)27-36-15-18-39(95)19-16-36)13-8-25-92-32-38(90-91-92)17-20-45(61(104)89-56)83-63(106)50(33-114)79-54(97)30-71/h2-3,9-10,15-16,18-19,31-32,35,42-52,56,78,94-95,114-115H,4-8,11-14,17,20-30,33-34,71H2,1H3,(H2,72,96)(H,79,97)(H,80,103)(H,81,107)(H,82,105)(H,83,106)(H,84,108)(H,85,100)(H,86,109)(H,87,101)(H,88,102)(H,89,104)(H,98,99)(H,111,112)(H4,73,74,76)(H3,75,77,113)/t35-,42+,43+,44?,45+,46+,47?,48+,49+,50+,51?,52+,56+/m1/s1. The first-order valence-electron chi connectivity index (χ1n) is 37.0. The normalized spacial score (nSPS) is 22.5. The summed E-state index contributed by atoms with van der Waals surface area (Å²) in [5, 5.41) is 90.5. The number of nitrogens with zero attached hydrogens (tertiary/aromatic N) is 4. The predicted octanol–water partition coefficient (Wildman–Crippen LogP) is -6.87. The summed E-state index contributed by atoms with van der Waals surface area (Å²) < 4.78 is 1.28. The van der Waals surface area contributed by atoms with Crippen molar-refractivity contribution >= 4 is 137 Å². The summed E-state index contributed by atoms with van der Waals surface area (Å²) in [6, 6.07) is -9.10. The number of amides is 15. The number of benzene rings is 2. The van der Waals surface area contributed by atoms with Gasteiger partial charge in [-0.2, -0.15) is 25.3 Å². The number of carboxylic acid groups (broad SMARTS) is 2. The second-order valence-corrected chi connectivity index (χ2v) is 28.2. The highest BCUT2D eigenvalue weighted by molar-refractivity contribution is 7.80. The van der Waals surface area contributed by atoms with Gasteiger partial charge in [0.05, 0.1) is 24.8 Å². The lowest BCUT2D eigenvalue weighted by molar-refractivity contribution is -0.149. The monoisotopic (exact) mass is 1650 g/mol. The number of para-hydroxylation sites is 1. The fourth-order valence-electron chi connectivity index (χ4n) is 12.6. The fourth-order valence-corrected chi connectivity index (χ4v) is 13.1. The third kappa shape index (κ3) is 29.6. The minimum atomic E-state index is -2.03. The van der Waals surface area contributed by atoms with Gasteiger partial charge in [-0.25, -0.2) is 9.59 Å². The highest BCUT2D eigenvalue weighted by atomic mass is 32.1. The van der Waals surface area contributed by atoms with Crippen molar-refractivity contribution in [3.05, 3.63) is 77.7 Å². The van der Waals surface area contributed by atoms with Crippen LogP contribution in [0.25, 0.3) is 10.9 Å². The van der Waals surface area contributed by atoms with Gasteiger partial charge in [-0.15, -0.1) is 5.10 Å². The highest BCUT2D eigenvalue weighted by Gasteiger charge is 2.42. The van der Waals surface area contributed by atoms with E-state index in [1.165, 1.54) is 35.1 Å². The Morgan fingerprint density at radius 3 is 1.90 bits per heavy atom. The quantitative estimate of drug-likeness (QED) is 0.0114. The van der Waals surface area contributed by atoms with E-state index in [2.05, 4.69) is 110 Å². The average molecular weight is 1650 g/mol. The molecule has 2 aliphatic rings. The Balaban J connectivity index is 1.47. The van der Waals surface area contributed by atoms with Gasteiger partial charge in [0.15, 0.2) is 5.96 Å². The molecule has 43 nitrogen and oxygen atoms in total. The van der Waals surface area contributed by atoms with Crippen LogP contribution in [0.1, 0.15) is 107 Å². The minimum Gasteiger partial charge on any atom is -0.508 e. The number of thiol groups is 2. The van der Waals surface area contributed by atoms with Crippen LogP contribution in [0.15, 0.2) is 60.9 Å². The average Bonchev–Trinajstić information content (AvgIpc) is 1.81. The molecule has 6 rings (SSSR count). The molecule has 0 spiro atoms. The number of hydrogen-bond acceptors (Lipinski definition) is 24. The van der Waals surface area contributed by atoms with Crippen molar-refractivity contribution in [2.45, 2.75) is 195 Å². The Morgan fingerprint density at radius 2 is 1.28 bits per heavy atom. The number of primary amides is 2. The molecule has 2 aromatic heterocycles. The number of aromatic amines is 1. The number of hydrogen-bond donors (Lipinski definition) is 25. The van der Waals surface area contributed by atoms with E-state index in [4.69, 9.17) is 28.3 Å². The molecule has 4 aromatic rings. The molecule has 2 aromatic carbocycles. The first-order valence-corrected chi connectivity index (χ1v) is 38.2. The van der Waals surface area contributed by atoms with E-state index in [-0.39, 0.29) is 120 Å². The lowest BCUT2D eigenvalue weighted by Gasteiger charge is -2.37. The number of carbonyl (C=O) groups excluding carboxylic acids is 14. The van der Waals surface area contributed by atoms with Gasteiger partial charge in [-0.05, 0) is 113 Å². The summed E-state index contributed by atoms with van der Waals surface area (Å²) in [6.07, 6.45) is -3.12. The summed E-state index contributed by atoms with van der Waals surface area (Å²) in [5.41, 5.74) is 23.5. The third-order valence-corrected chi connectivity index (χ3v) is 19.4. The Kier molecular flexibility index (Phi) is 36.6. The number of phenolic OH excluding ortho intramolecular Hbond substituents is 1. The van der Waals surface area contributed by atoms with Crippen LogP contribution in [0.2, 0.25) is 0 Å². The number of nitrogens with one attached hydrogen (secondary N) is 15. The van der Waals surface area contributed by atoms with Crippen LogP contribution in [0, 0.1) is 5.41 Å². The Labute approximate surface area is 669 Å². The van der Waals surface area contributed by atoms with E-state index in [9.17, 15) is 87.5 Å². The van der Waals surface area contributed by atoms with Crippen LogP contribution in [0.5, 0.6) is 5.75 Å². The number of carboxylic acids is 2. The van der Waals surface area contributed by atoms with Gasteiger partial charge in [0.1, 0.15) is 78.3 Å². The van der Waals surface area contributed by atoms with Crippen LogP contribution >= 0.6 is 25.3 Å². The van der Waals surface area contributed by atoms with Gasteiger partial charge >= 0.3 is 18.0 Å². The lowest BCUT2D eigenvalue weighted by Crippen LogP contribution is -2.63. The number of aliphatic carboxylic acids is 2. The molecule has 3 unspecified atom stereocenters. The molecule has 0 saturated carbocycles. The summed E-state index contributed by atoms with van der Waals surface area (Å²) in [6.45, 7) is -0.0490. The van der Waals surface area contributed by atoms with Crippen molar-refractivity contribution in [1.29, 1.82) is 5.41 Å². The van der Waals surface area contributed by atoms with E-state index in [0.29, 0.717) is 28.5 Å². The number of aliphatic hydroxyl groups excluding tert-OH is 1. The molecule has 45 heteroatoms. The van der Waals surface area contributed by atoms with Crippen molar-refractivity contribution < 1.29 is 97.1 Å². The van der Waals surface area contributed by atoms with Crippen LogP contribution < -0.4 is 92.1 Å². The SMILES string of the molecule is C[C@@H](O)[C@@H]1NC(=O)[C@@H](NC(=O)[C@H](CS)NC(=O)CN)CCc2cn(nn2)CCCC(C(=O)N[C@@H](Cc2ccc(O)cc2)C(=O)O)NC(=O)[C@H](CCC(N)=O)NC(=O)C(Cc2c[nH]c3ccccc23)NC(=O)[C@H](CCCNC(N)=O)NC(=O)C(CS)NC(=O)[C@H](CCCNC(=N)N)NC(=O)[C@@H]2CCCCN2C(=O)[C@H](CC(=O)O)NC1=O. The molecule has 4 heterocycles. The molecule has 2 aliphatic heterocycles. The minimum absolute atomic E-state index is 0.00218. The Bertz CT molecular complexity index is 4130. The van der Waals surface area contributed by atoms with Gasteiger partial charge in [0.25, 0.3) is 0 Å². The molecular weight excluding hydrogens is 1550 g/mol. The number of nitrogens with two attached hydrogens (primary N) is 4. The maximum atomic E-state index is 15.2. The number of aromatic hydroxyl groups is 1. The molecule has 0 aliphatic carbocycles. The molecule has 15 amide bonds. The number of urea groups is 1. The molecule has 0 radical (unpaired) electrons. The largest absolute Gasteiger partial charge is 0.508 e. The van der Waals surface area contributed by atoms with Crippen LogP contribution in [-0.2, 0) is 97.7 Å². The first kappa shape index (κ1) is 92.0. The first-order chi connectivity index (χ1) is 54.7. The van der Waals surface area contributed by atoms with Crippen LogP contribution in [-0.4, -0.2) is 262 Å². The lowest BCUT2D eigenvalue weighted by atomic mass is 9.98. The summed E-state index contributed by atoms with van der Waals surface area (Å²) in [5.74, 6) is -18.4. The number of aromatic nitrogens is 4. The van der Waals surface area contributed by atoms with Crippen molar-refractivity contribution in [2.24, 2.45) is 22.9 Å². The van der Waals surface area contributed by atoms with Crippen LogP contribution in [0.3, 0.4) is 0 Å². The molecule has 115 heavy (non-hydrogen) atoms. The number of fused-ring (bicyclic) bond motifs is 4. The van der Waals surface area contributed by atoms with Crippen molar-refractivity contribution in [3.63, 3.8) is 0 Å². The zero-order valence-electron chi connectivity index (χ0n) is 62.9. The summed E-state index contributed by atoms with van der Waals surface area (Å²) in [7, 11) is 0. The maximum absolute atomic E-state index is 15.2. The number of H-pyrrole nitrogens is 1. The van der Waals surface area contributed by atoms with Crippen molar-refractivity contribution in [1.82, 2.24) is 94.0 Å². The van der Waals surface area contributed by atoms with Gasteiger partial charge in [0.2, 0.25) is 76.8 Å².